The topological polar surface area (TPSA) is 98.6 Å². The molecule has 1 amide bonds. The molecule has 2 aromatic carbocycles. The molecule has 0 fully saturated rings. The van der Waals surface area contributed by atoms with Crippen LogP contribution in [0.25, 0.3) is 5.69 Å². The Bertz CT molecular complexity index is 1210. The van der Waals surface area contributed by atoms with Gasteiger partial charge in [0.05, 0.1) is 29.1 Å². The van der Waals surface area contributed by atoms with Gasteiger partial charge in [-0.3, -0.25) is 4.79 Å². The molecule has 0 unspecified atom stereocenters. The Kier molecular flexibility index (Phi) is 6.26. The Morgan fingerprint density at radius 1 is 1.06 bits per heavy atom. The normalized spacial score (nSPS) is 11.2. The zero-order valence-electron chi connectivity index (χ0n) is 17.7. The Hall–Kier alpha value is -3.46. The van der Waals surface area contributed by atoms with Crippen LogP contribution in [0.1, 0.15) is 33.3 Å². The average molecular weight is 442 g/mol. The molecule has 3 rings (SSSR count). The fraction of sp³-hybridized carbons (Fsp3) is 0.227. The minimum absolute atomic E-state index is 0.193. The van der Waals surface area contributed by atoms with Crippen molar-refractivity contribution in [1.29, 1.82) is 0 Å². The molecule has 0 radical (unpaired) electrons. The molecule has 0 saturated carbocycles. The highest BCUT2D eigenvalue weighted by Crippen LogP contribution is 2.20. The molecule has 0 aliphatic carbocycles. The first-order valence-corrected chi connectivity index (χ1v) is 11.4. The predicted octanol–water partition coefficient (Wildman–Crippen LogP) is 3.04. The van der Waals surface area contributed by atoms with Crippen molar-refractivity contribution in [3.8, 4) is 5.69 Å². The summed E-state index contributed by atoms with van der Waals surface area (Å²) in [6.07, 6.45) is 2.59. The molecule has 0 spiro atoms. The van der Waals surface area contributed by atoms with Gasteiger partial charge in [-0.25, -0.2) is 17.9 Å². The molecule has 3 aromatic rings. The van der Waals surface area contributed by atoms with Crippen molar-refractivity contribution in [2.24, 2.45) is 0 Å². The van der Waals surface area contributed by atoms with Crippen LogP contribution in [0.4, 0.5) is 5.69 Å². The molecule has 8 nitrogen and oxygen atoms in total. The fourth-order valence-electron chi connectivity index (χ4n) is 3.05. The largest absolute Gasteiger partial charge is 0.462 e. The van der Waals surface area contributed by atoms with E-state index in [2.05, 4.69) is 5.10 Å². The van der Waals surface area contributed by atoms with Crippen molar-refractivity contribution in [2.75, 3.05) is 24.8 Å². The third-order valence-corrected chi connectivity index (χ3v) is 5.95. The van der Waals surface area contributed by atoms with Gasteiger partial charge in [0, 0.05) is 24.6 Å². The number of esters is 1. The lowest BCUT2D eigenvalue weighted by Crippen LogP contribution is -2.26. The summed E-state index contributed by atoms with van der Waals surface area (Å²) in [4.78, 5) is 26.4. The summed E-state index contributed by atoms with van der Waals surface area (Å²) in [6.45, 7) is 3.79. The summed E-state index contributed by atoms with van der Waals surface area (Å²) >= 11 is 0. The number of ether oxygens (including phenoxy) is 1. The number of sulfone groups is 1. The maximum atomic E-state index is 12.8. The third-order valence-electron chi connectivity index (χ3n) is 4.82. The minimum atomic E-state index is -3.30. The highest BCUT2D eigenvalue weighted by atomic mass is 32.2. The number of benzene rings is 2. The first-order chi connectivity index (χ1) is 14.6. The number of nitrogens with zero attached hydrogens (tertiary/aromatic N) is 3. The van der Waals surface area contributed by atoms with Gasteiger partial charge < -0.3 is 9.64 Å². The van der Waals surface area contributed by atoms with E-state index in [0.717, 1.165) is 6.26 Å². The minimum Gasteiger partial charge on any atom is -0.462 e. The SMILES string of the molecule is CCOC(=O)c1cnn(-c2ccc(C(=O)N(C)c3ccc(S(C)(=O)=O)cc3)cc2)c1C. The molecule has 162 valence electrons. The van der Waals surface area contributed by atoms with E-state index in [9.17, 15) is 18.0 Å². The second-order valence-electron chi connectivity index (χ2n) is 6.95. The van der Waals surface area contributed by atoms with Gasteiger partial charge in [-0.1, -0.05) is 0 Å². The van der Waals surface area contributed by atoms with Gasteiger partial charge in [0.25, 0.3) is 5.91 Å². The summed E-state index contributed by atoms with van der Waals surface area (Å²) in [5.41, 5.74) is 2.75. The molecule has 31 heavy (non-hydrogen) atoms. The molecule has 1 heterocycles. The number of carbonyl (C=O) groups is 2. The van der Waals surface area contributed by atoms with Gasteiger partial charge in [0.15, 0.2) is 9.84 Å². The molecular weight excluding hydrogens is 418 g/mol. The Labute approximate surface area is 181 Å². The first kappa shape index (κ1) is 22.2. The predicted molar refractivity (Wildman–Crippen MR) is 117 cm³/mol. The zero-order valence-corrected chi connectivity index (χ0v) is 18.5. The fourth-order valence-corrected chi connectivity index (χ4v) is 3.68. The number of anilines is 1. The van der Waals surface area contributed by atoms with Crippen LogP contribution in [0.2, 0.25) is 0 Å². The monoisotopic (exact) mass is 441 g/mol. The van der Waals surface area contributed by atoms with Crippen molar-refractivity contribution >= 4 is 27.4 Å². The molecule has 0 saturated heterocycles. The van der Waals surface area contributed by atoms with Gasteiger partial charge in [0.1, 0.15) is 5.56 Å². The quantitative estimate of drug-likeness (QED) is 0.545. The summed E-state index contributed by atoms with van der Waals surface area (Å²) < 4.78 is 29.8. The van der Waals surface area contributed by atoms with Crippen LogP contribution in [0, 0.1) is 6.92 Å². The van der Waals surface area contributed by atoms with Crippen LogP contribution in [0.3, 0.4) is 0 Å². The lowest BCUT2D eigenvalue weighted by molar-refractivity contribution is 0.0525. The van der Waals surface area contributed by atoms with Crippen LogP contribution >= 0.6 is 0 Å². The Morgan fingerprint density at radius 3 is 2.23 bits per heavy atom. The zero-order chi connectivity index (χ0) is 22.8. The summed E-state index contributed by atoms with van der Waals surface area (Å²) in [5, 5.41) is 4.25. The van der Waals surface area contributed by atoms with E-state index in [-0.39, 0.29) is 17.4 Å². The van der Waals surface area contributed by atoms with Gasteiger partial charge in [-0.2, -0.15) is 5.10 Å². The van der Waals surface area contributed by atoms with Crippen molar-refractivity contribution in [3.05, 3.63) is 71.5 Å². The third kappa shape index (κ3) is 4.66. The van der Waals surface area contributed by atoms with Crippen LogP contribution in [0.15, 0.2) is 59.6 Å². The van der Waals surface area contributed by atoms with E-state index in [4.69, 9.17) is 4.74 Å². The Balaban J connectivity index is 1.80. The highest BCUT2D eigenvalue weighted by Gasteiger charge is 2.18. The van der Waals surface area contributed by atoms with Crippen molar-refractivity contribution in [2.45, 2.75) is 18.7 Å². The maximum absolute atomic E-state index is 12.8. The van der Waals surface area contributed by atoms with Crippen molar-refractivity contribution in [1.82, 2.24) is 9.78 Å². The van der Waals surface area contributed by atoms with E-state index in [0.29, 0.717) is 28.2 Å². The van der Waals surface area contributed by atoms with Crippen LogP contribution < -0.4 is 4.90 Å². The number of carbonyl (C=O) groups excluding carboxylic acids is 2. The molecule has 0 aliphatic rings. The average Bonchev–Trinajstić information content (AvgIpc) is 3.14. The number of amides is 1. The second-order valence-corrected chi connectivity index (χ2v) is 8.97. The van der Waals surface area contributed by atoms with Crippen molar-refractivity contribution in [3.63, 3.8) is 0 Å². The molecule has 1 aromatic heterocycles. The van der Waals surface area contributed by atoms with E-state index in [1.807, 2.05) is 0 Å². The number of hydrogen-bond donors (Lipinski definition) is 0. The molecule has 9 heteroatoms. The standard InChI is InChI=1S/C22H23N3O5S/c1-5-30-22(27)20-14-23-25(15(20)2)18-8-6-16(7-9-18)21(26)24(3)17-10-12-19(13-11-17)31(4,28)29/h6-14H,5H2,1-4H3. The molecular formula is C22H23N3O5S. The molecule has 0 atom stereocenters. The number of aromatic nitrogens is 2. The van der Waals surface area contributed by atoms with E-state index >= 15 is 0 Å². The summed E-state index contributed by atoms with van der Waals surface area (Å²) in [6, 6.07) is 12.9. The first-order valence-electron chi connectivity index (χ1n) is 9.54. The van der Waals surface area contributed by atoms with Gasteiger partial charge in [-0.05, 0) is 62.4 Å². The summed E-state index contributed by atoms with van der Waals surface area (Å²) in [5.74, 6) is -0.676. The smallest absolute Gasteiger partial charge is 0.341 e. The van der Waals surface area contributed by atoms with Crippen LogP contribution in [-0.2, 0) is 14.6 Å². The van der Waals surface area contributed by atoms with Crippen molar-refractivity contribution < 1.29 is 22.7 Å². The van der Waals surface area contributed by atoms with Crippen LogP contribution in [0.5, 0.6) is 0 Å². The molecule has 0 aliphatic heterocycles. The lowest BCUT2D eigenvalue weighted by atomic mass is 10.1. The van der Waals surface area contributed by atoms with Gasteiger partial charge in [0.2, 0.25) is 0 Å². The number of rotatable bonds is 6. The van der Waals surface area contributed by atoms with E-state index < -0.39 is 15.8 Å². The van der Waals surface area contributed by atoms with E-state index in [1.54, 1.807) is 62.0 Å². The van der Waals surface area contributed by atoms with Gasteiger partial charge in [-0.15, -0.1) is 0 Å². The maximum Gasteiger partial charge on any atom is 0.341 e. The highest BCUT2D eigenvalue weighted by molar-refractivity contribution is 7.90. The summed E-state index contributed by atoms with van der Waals surface area (Å²) in [7, 11) is -1.68. The second kappa shape index (κ2) is 8.73. The Morgan fingerprint density at radius 2 is 1.68 bits per heavy atom. The molecule has 0 bridgehead atoms. The molecule has 0 N–H and O–H groups in total. The van der Waals surface area contributed by atoms with E-state index in [1.165, 1.54) is 23.2 Å². The lowest BCUT2D eigenvalue weighted by Gasteiger charge is -2.18. The number of hydrogen-bond acceptors (Lipinski definition) is 6. The van der Waals surface area contributed by atoms with Gasteiger partial charge >= 0.3 is 5.97 Å². The van der Waals surface area contributed by atoms with Crippen LogP contribution in [-0.4, -0.2) is 50.0 Å².